The van der Waals surface area contributed by atoms with Crippen LogP contribution < -0.4 is 15.4 Å². The lowest BCUT2D eigenvalue weighted by molar-refractivity contribution is 0.234. The number of aromatic nitrogens is 1. The molecule has 0 radical (unpaired) electrons. The Morgan fingerprint density at radius 2 is 2.28 bits per heavy atom. The highest BCUT2D eigenvalue weighted by atomic mass is 16.5. The fourth-order valence-electron chi connectivity index (χ4n) is 2.48. The Balaban J connectivity index is 2.23. The molecule has 1 aromatic rings. The number of rotatable bonds is 4. The van der Waals surface area contributed by atoms with Crippen LogP contribution in [0.1, 0.15) is 40.0 Å². The Hall–Kier alpha value is -1.45. The van der Waals surface area contributed by atoms with Crippen LogP contribution in [0.3, 0.4) is 0 Å². The van der Waals surface area contributed by atoms with Crippen molar-refractivity contribution in [1.29, 1.82) is 0 Å². The standard InChI is InChI=1S/C14H23N3O/c1-4-11-6-5-9-17(11)13-8-7-12(15)14(16-13)18-10(2)3/h7-8,10-11H,4-6,9,15H2,1-3H3. The summed E-state index contributed by atoms with van der Waals surface area (Å²) in [5, 5.41) is 0. The molecule has 1 fully saturated rings. The number of nitrogen functional groups attached to an aromatic ring is 1. The molecule has 1 aliphatic rings. The lowest BCUT2D eigenvalue weighted by Gasteiger charge is -2.25. The number of nitrogens with two attached hydrogens (primary N) is 1. The molecule has 1 aromatic heterocycles. The SMILES string of the molecule is CCC1CCCN1c1ccc(N)c(OC(C)C)n1. The van der Waals surface area contributed by atoms with Crippen LogP contribution in [0.4, 0.5) is 11.5 Å². The van der Waals surface area contributed by atoms with Gasteiger partial charge in [0.2, 0.25) is 5.88 Å². The normalized spacial score (nSPS) is 19.6. The zero-order chi connectivity index (χ0) is 13.1. The molecular formula is C14H23N3O. The van der Waals surface area contributed by atoms with Crippen molar-refractivity contribution in [3.8, 4) is 5.88 Å². The zero-order valence-corrected chi connectivity index (χ0v) is 11.5. The molecule has 1 aliphatic heterocycles. The van der Waals surface area contributed by atoms with Gasteiger partial charge in [0.25, 0.3) is 0 Å². The first-order valence-corrected chi connectivity index (χ1v) is 6.81. The molecule has 0 aromatic carbocycles. The maximum atomic E-state index is 5.90. The van der Waals surface area contributed by atoms with Crippen LogP contribution in [0.5, 0.6) is 5.88 Å². The Kier molecular flexibility index (Phi) is 3.94. The van der Waals surface area contributed by atoms with Gasteiger partial charge in [0, 0.05) is 12.6 Å². The summed E-state index contributed by atoms with van der Waals surface area (Å²) in [5.41, 5.74) is 6.51. The van der Waals surface area contributed by atoms with Gasteiger partial charge in [0.05, 0.1) is 11.8 Å². The first-order chi connectivity index (χ1) is 8.61. The van der Waals surface area contributed by atoms with E-state index in [1.54, 1.807) is 0 Å². The minimum Gasteiger partial charge on any atom is -0.473 e. The summed E-state index contributed by atoms with van der Waals surface area (Å²) >= 11 is 0. The number of anilines is 2. The molecule has 1 saturated heterocycles. The van der Waals surface area contributed by atoms with Gasteiger partial charge in [-0.05, 0) is 45.2 Å². The topological polar surface area (TPSA) is 51.4 Å². The molecule has 2 heterocycles. The van der Waals surface area contributed by atoms with Gasteiger partial charge in [-0.2, -0.15) is 4.98 Å². The highest BCUT2D eigenvalue weighted by Gasteiger charge is 2.24. The summed E-state index contributed by atoms with van der Waals surface area (Å²) in [6.45, 7) is 7.28. The molecule has 0 aliphatic carbocycles. The summed E-state index contributed by atoms with van der Waals surface area (Å²) in [5.74, 6) is 1.55. The molecule has 4 heteroatoms. The predicted molar refractivity (Wildman–Crippen MR) is 75.1 cm³/mol. The van der Waals surface area contributed by atoms with Gasteiger partial charge in [0.1, 0.15) is 5.82 Å². The molecule has 0 amide bonds. The van der Waals surface area contributed by atoms with Gasteiger partial charge in [-0.25, -0.2) is 0 Å². The molecule has 1 unspecified atom stereocenters. The highest BCUT2D eigenvalue weighted by molar-refractivity contribution is 5.55. The van der Waals surface area contributed by atoms with Crippen molar-refractivity contribution < 1.29 is 4.74 Å². The average molecular weight is 249 g/mol. The summed E-state index contributed by atoms with van der Waals surface area (Å²) in [6, 6.07) is 4.50. The monoisotopic (exact) mass is 249 g/mol. The van der Waals surface area contributed by atoms with Crippen LogP contribution in [0, 0.1) is 0 Å². The third-order valence-electron chi connectivity index (χ3n) is 3.36. The third-order valence-corrected chi connectivity index (χ3v) is 3.36. The molecule has 0 saturated carbocycles. The Labute approximate surface area is 109 Å². The van der Waals surface area contributed by atoms with Crippen molar-refractivity contribution >= 4 is 11.5 Å². The van der Waals surface area contributed by atoms with E-state index in [2.05, 4.69) is 16.8 Å². The highest BCUT2D eigenvalue weighted by Crippen LogP contribution is 2.29. The fraction of sp³-hybridized carbons (Fsp3) is 0.643. The molecule has 4 nitrogen and oxygen atoms in total. The summed E-state index contributed by atoms with van der Waals surface area (Å²) in [7, 11) is 0. The Morgan fingerprint density at radius 3 is 2.94 bits per heavy atom. The van der Waals surface area contributed by atoms with E-state index in [0.717, 1.165) is 18.8 Å². The Bertz CT molecular complexity index is 406. The molecule has 0 spiro atoms. The number of hydrogen-bond donors (Lipinski definition) is 1. The van der Waals surface area contributed by atoms with E-state index in [-0.39, 0.29) is 6.10 Å². The zero-order valence-electron chi connectivity index (χ0n) is 11.5. The van der Waals surface area contributed by atoms with Gasteiger partial charge in [-0.3, -0.25) is 0 Å². The van der Waals surface area contributed by atoms with Crippen molar-refractivity contribution in [1.82, 2.24) is 4.98 Å². The molecule has 100 valence electrons. The molecule has 0 bridgehead atoms. The molecule has 1 atom stereocenters. The fourth-order valence-corrected chi connectivity index (χ4v) is 2.48. The second-order valence-corrected chi connectivity index (χ2v) is 5.13. The van der Waals surface area contributed by atoms with E-state index < -0.39 is 0 Å². The van der Waals surface area contributed by atoms with Gasteiger partial charge < -0.3 is 15.4 Å². The number of ether oxygens (including phenoxy) is 1. The predicted octanol–water partition coefficient (Wildman–Crippen LogP) is 2.83. The van der Waals surface area contributed by atoms with Crippen molar-refractivity contribution in [2.24, 2.45) is 0 Å². The lowest BCUT2D eigenvalue weighted by atomic mass is 10.2. The van der Waals surface area contributed by atoms with E-state index in [1.807, 2.05) is 26.0 Å². The molecule has 2 rings (SSSR count). The largest absolute Gasteiger partial charge is 0.473 e. The van der Waals surface area contributed by atoms with Crippen molar-refractivity contribution in [3.63, 3.8) is 0 Å². The van der Waals surface area contributed by atoms with Gasteiger partial charge in [-0.15, -0.1) is 0 Å². The maximum absolute atomic E-state index is 5.90. The summed E-state index contributed by atoms with van der Waals surface area (Å²) in [6.07, 6.45) is 3.75. The van der Waals surface area contributed by atoms with Gasteiger partial charge >= 0.3 is 0 Å². The van der Waals surface area contributed by atoms with Crippen LogP contribution in [-0.2, 0) is 0 Å². The first-order valence-electron chi connectivity index (χ1n) is 6.81. The van der Waals surface area contributed by atoms with Crippen LogP contribution in [0.2, 0.25) is 0 Å². The minimum atomic E-state index is 0.0931. The number of pyridine rings is 1. The number of hydrogen-bond acceptors (Lipinski definition) is 4. The van der Waals surface area contributed by atoms with E-state index in [9.17, 15) is 0 Å². The van der Waals surface area contributed by atoms with E-state index >= 15 is 0 Å². The van der Waals surface area contributed by atoms with Crippen molar-refractivity contribution in [3.05, 3.63) is 12.1 Å². The lowest BCUT2D eigenvalue weighted by Crippen LogP contribution is -2.29. The molecular weight excluding hydrogens is 226 g/mol. The van der Waals surface area contributed by atoms with Gasteiger partial charge in [-0.1, -0.05) is 6.92 Å². The minimum absolute atomic E-state index is 0.0931. The van der Waals surface area contributed by atoms with Crippen LogP contribution in [0.25, 0.3) is 0 Å². The van der Waals surface area contributed by atoms with E-state index in [4.69, 9.17) is 10.5 Å². The maximum Gasteiger partial charge on any atom is 0.239 e. The molecule has 2 N–H and O–H groups in total. The smallest absolute Gasteiger partial charge is 0.239 e. The second-order valence-electron chi connectivity index (χ2n) is 5.13. The van der Waals surface area contributed by atoms with Crippen LogP contribution >= 0.6 is 0 Å². The second kappa shape index (κ2) is 5.46. The molecule has 18 heavy (non-hydrogen) atoms. The Morgan fingerprint density at radius 1 is 1.50 bits per heavy atom. The van der Waals surface area contributed by atoms with Crippen LogP contribution in [0.15, 0.2) is 12.1 Å². The quantitative estimate of drug-likeness (QED) is 0.891. The van der Waals surface area contributed by atoms with Gasteiger partial charge in [0.15, 0.2) is 0 Å². The summed E-state index contributed by atoms with van der Waals surface area (Å²) < 4.78 is 5.65. The summed E-state index contributed by atoms with van der Waals surface area (Å²) in [4.78, 5) is 6.94. The average Bonchev–Trinajstić information content (AvgIpc) is 2.79. The van der Waals surface area contributed by atoms with Crippen LogP contribution in [-0.4, -0.2) is 23.7 Å². The number of nitrogens with zero attached hydrogens (tertiary/aromatic N) is 2. The van der Waals surface area contributed by atoms with Crippen molar-refractivity contribution in [2.45, 2.75) is 52.2 Å². The third kappa shape index (κ3) is 2.68. The van der Waals surface area contributed by atoms with E-state index in [1.165, 1.54) is 12.8 Å². The van der Waals surface area contributed by atoms with E-state index in [0.29, 0.717) is 17.6 Å². The first kappa shape index (κ1) is 13.0. The van der Waals surface area contributed by atoms with Crippen molar-refractivity contribution in [2.75, 3.05) is 17.2 Å².